The van der Waals surface area contributed by atoms with Crippen LogP contribution in [0.3, 0.4) is 0 Å². The Morgan fingerprint density at radius 3 is 2.18 bits per heavy atom. The highest BCUT2D eigenvalue weighted by Gasteiger charge is 2.33. The van der Waals surface area contributed by atoms with Crippen molar-refractivity contribution in [1.82, 2.24) is 5.32 Å². The molecule has 1 N–H and O–H groups in total. The number of rotatable bonds is 8. The molecule has 0 heterocycles. The first-order valence-electron chi connectivity index (χ1n) is 10.4. The number of nitrogens with one attached hydrogen (secondary N) is 1. The molecule has 174 valence electrons. The summed E-state index contributed by atoms with van der Waals surface area (Å²) < 4.78 is 31.9. The molecular formula is C25H27ClN2O4S. The lowest BCUT2D eigenvalue weighted by atomic mass is 9.97. The summed E-state index contributed by atoms with van der Waals surface area (Å²) >= 11 is 6.13. The van der Waals surface area contributed by atoms with Crippen molar-refractivity contribution in [3.05, 3.63) is 94.5 Å². The second-order valence-corrected chi connectivity index (χ2v) is 10.1. The topological polar surface area (TPSA) is 75.7 Å². The van der Waals surface area contributed by atoms with E-state index < -0.39 is 28.0 Å². The fourth-order valence-corrected chi connectivity index (χ4v) is 4.98. The van der Waals surface area contributed by atoms with Crippen molar-refractivity contribution in [2.75, 3.05) is 17.7 Å². The maximum atomic E-state index is 13.4. The molecular weight excluding hydrogens is 460 g/mol. The zero-order valence-electron chi connectivity index (χ0n) is 18.9. The van der Waals surface area contributed by atoms with Gasteiger partial charge in [-0.1, -0.05) is 71.8 Å². The van der Waals surface area contributed by atoms with E-state index in [1.165, 1.54) is 20.1 Å². The number of anilines is 1. The summed E-state index contributed by atoms with van der Waals surface area (Å²) in [5, 5.41) is 3.35. The molecule has 3 aromatic rings. The van der Waals surface area contributed by atoms with E-state index in [2.05, 4.69) is 5.32 Å². The van der Waals surface area contributed by atoms with E-state index in [0.717, 1.165) is 27.3 Å². The number of benzene rings is 3. The Balaban J connectivity index is 2.00. The van der Waals surface area contributed by atoms with Gasteiger partial charge in [0.25, 0.3) is 0 Å². The Hall–Kier alpha value is -3.03. The molecule has 0 saturated heterocycles. The minimum Gasteiger partial charge on any atom is -0.495 e. The van der Waals surface area contributed by atoms with E-state index in [9.17, 15) is 13.2 Å². The first kappa shape index (κ1) is 24.6. The van der Waals surface area contributed by atoms with Gasteiger partial charge in [-0.25, -0.2) is 8.42 Å². The van der Waals surface area contributed by atoms with Crippen LogP contribution in [-0.4, -0.2) is 33.7 Å². The highest BCUT2D eigenvalue weighted by atomic mass is 35.5. The molecule has 0 aliphatic carbocycles. The molecule has 33 heavy (non-hydrogen) atoms. The summed E-state index contributed by atoms with van der Waals surface area (Å²) in [6.07, 6.45) is 1.05. The van der Waals surface area contributed by atoms with Crippen molar-refractivity contribution in [3.8, 4) is 5.75 Å². The predicted octanol–water partition coefficient (Wildman–Crippen LogP) is 4.72. The number of hydrogen-bond acceptors (Lipinski definition) is 4. The number of halogens is 1. The maximum absolute atomic E-state index is 13.4. The maximum Gasteiger partial charge on any atom is 0.244 e. The molecule has 0 spiro atoms. The Morgan fingerprint density at radius 1 is 1.00 bits per heavy atom. The monoisotopic (exact) mass is 486 g/mol. The summed E-state index contributed by atoms with van der Waals surface area (Å²) in [7, 11) is -2.42. The quantitative estimate of drug-likeness (QED) is 0.500. The minimum absolute atomic E-state index is 0.196. The average molecular weight is 487 g/mol. The van der Waals surface area contributed by atoms with Crippen LogP contribution in [-0.2, 0) is 14.8 Å². The number of carbonyl (C=O) groups excluding carboxylic acids is 1. The van der Waals surface area contributed by atoms with Crippen LogP contribution in [0.5, 0.6) is 5.75 Å². The second kappa shape index (κ2) is 10.3. The minimum atomic E-state index is -3.85. The SMILES string of the molecule is COc1ccc(Cl)cc1N([C@@H](C)C(=O)N[C@H](c1ccccc1)c1ccc(C)cc1)S(C)(=O)=O. The van der Waals surface area contributed by atoms with Crippen molar-refractivity contribution in [3.63, 3.8) is 0 Å². The third-order valence-corrected chi connectivity index (χ3v) is 6.76. The van der Waals surface area contributed by atoms with Gasteiger partial charge >= 0.3 is 0 Å². The number of methoxy groups -OCH3 is 1. The summed E-state index contributed by atoms with van der Waals surface area (Å²) in [6, 6.07) is 20.5. The fourth-order valence-electron chi connectivity index (χ4n) is 3.64. The van der Waals surface area contributed by atoms with Gasteiger partial charge in [0.15, 0.2) is 0 Å². The number of nitrogens with zero attached hydrogens (tertiary/aromatic N) is 1. The van der Waals surface area contributed by atoms with Gasteiger partial charge in [0.1, 0.15) is 11.8 Å². The summed E-state index contributed by atoms with van der Waals surface area (Å²) in [6.45, 7) is 3.53. The van der Waals surface area contributed by atoms with Crippen LogP contribution < -0.4 is 14.4 Å². The average Bonchev–Trinajstić information content (AvgIpc) is 2.78. The van der Waals surface area contributed by atoms with E-state index in [-0.39, 0.29) is 5.69 Å². The molecule has 3 aromatic carbocycles. The summed E-state index contributed by atoms with van der Waals surface area (Å²) in [4.78, 5) is 13.4. The molecule has 0 aromatic heterocycles. The molecule has 0 aliphatic rings. The van der Waals surface area contributed by atoms with Gasteiger partial charge in [-0.15, -0.1) is 0 Å². The van der Waals surface area contributed by atoms with Crippen molar-refractivity contribution in [1.29, 1.82) is 0 Å². The smallest absolute Gasteiger partial charge is 0.244 e. The van der Waals surface area contributed by atoms with E-state index >= 15 is 0 Å². The summed E-state index contributed by atoms with van der Waals surface area (Å²) in [5.74, 6) is -0.167. The van der Waals surface area contributed by atoms with Crippen LogP contribution in [0, 0.1) is 6.92 Å². The third-order valence-electron chi connectivity index (χ3n) is 5.30. The standard InChI is InChI=1S/C25H27ClN2O4S/c1-17-10-12-20(13-11-17)24(19-8-6-5-7-9-19)27-25(29)18(2)28(33(4,30)31)22-16-21(26)14-15-23(22)32-3/h5-16,18,24H,1-4H3,(H,27,29)/t18-,24+/m0/s1. The number of sulfonamides is 1. The normalized spacial score (nSPS) is 13.1. The van der Waals surface area contributed by atoms with E-state index in [4.69, 9.17) is 16.3 Å². The molecule has 0 aliphatic heterocycles. The van der Waals surface area contributed by atoms with Crippen molar-refractivity contribution < 1.29 is 17.9 Å². The van der Waals surface area contributed by atoms with Crippen LogP contribution >= 0.6 is 11.6 Å². The highest BCUT2D eigenvalue weighted by Crippen LogP contribution is 2.34. The van der Waals surface area contributed by atoms with Crippen LogP contribution in [0.15, 0.2) is 72.8 Å². The Kier molecular flexibility index (Phi) is 7.66. The Bertz CT molecular complexity index is 1210. The number of hydrogen-bond donors (Lipinski definition) is 1. The van der Waals surface area contributed by atoms with E-state index in [1.54, 1.807) is 12.1 Å². The van der Waals surface area contributed by atoms with Crippen molar-refractivity contribution in [2.45, 2.75) is 25.9 Å². The molecule has 0 radical (unpaired) electrons. The zero-order chi connectivity index (χ0) is 24.2. The van der Waals surface area contributed by atoms with Crippen molar-refractivity contribution in [2.24, 2.45) is 0 Å². The Labute approximate surface area is 200 Å². The third kappa shape index (κ3) is 5.86. The molecule has 0 unspecified atom stereocenters. The van der Waals surface area contributed by atoms with E-state index in [0.29, 0.717) is 10.8 Å². The molecule has 0 bridgehead atoms. The van der Waals surface area contributed by atoms with Crippen LogP contribution in [0.25, 0.3) is 0 Å². The first-order valence-corrected chi connectivity index (χ1v) is 12.6. The van der Waals surface area contributed by atoms with Gasteiger partial charge in [-0.05, 0) is 43.2 Å². The van der Waals surface area contributed by atoms with Gasteiger partial charge in [-0.2, -0.15) is 0 Å². The van der Waals surface area contributed by atoms with Gasteiger partial charge in [0.05, 0.1) is 25.1 Å². The molecule has 6 nitrogen and oxygen atoms in total. The number of ether oxygens (including phenoxy) is 1. The lowest BCUT2D eigenvalue weighted by Gasteiger charge is -2.31. The van der Waals surface area contributed by atoms with Gasteiger partial charge in [0.2, 0.25) is 15.9 Å². The number of aryl methyl sites for hydroxylation is 1. The molecule has 1 amide bonds. The molecule has 0 fully saturated rings. The van der Waals surface area contributed by atoms with Crippen molar-refractivity contribution >= 4 is 33.2 Å². The predicted molar refractivity (Wildman–Crippen MR) is 132 cm³/mol. The molecule has 3 rings (SSSR count). The summed E-state index contributed by atoms with van der Waals surface area (Å²) in [5.41, 5.74) is 3.06. The first-order chi connectivity index (χ1) is 15.6. The lowest BCUT2D eigenvalue weighted by molar-refractivity contribution is -0.122. The number of amides is 1. The Morgan fingerprint density at radius 2 is 1.61 bits per heavy atom. The molecule has 0 saturated carbocycles. The van der Waals surface area contributed by atoms with Gasteiger partial charge in [0, 0.05) is 5.02 Å². The molecule has 8 heteroatoms. The largest absolute Gasteiger partial charge is 0.495 e. The van der Waals surface area contributed by atoms with Crippen LogP contribution in [0.4, 0.5) is 5.69 Å². The van der Waals surface area contributed by atoms with Crippen LogP contribution in [0.1, 0.15) is 29.7 Å². The van der Waals surface area contributed by atoms with Gasteiger partial charge in [-0.3, -0.25) is 9.10 Å². The zero-order valence-corrected chi connectivity index (χ0v) is 20.5. The molecule has 2 atom stereocenters. The highest BCUT2D eigenvalue weighted by molar-refractivity contribution is 7.92. The number of carbonyl (C=O) groups is 1. The van der Waals surface area contributed by atoms with E-state index in [1.807, 2.05) is 61.5 Å². The van der Waals surface area contributed by atoms with Gasteiger partial charge < -0.3 is 10.1 Å². The van der Waals surface area contributed by atoms with Crippen LogP contribution in [0.2, 0.25) is 5.02 Å². The second-order valence-electron chi connectivity index (χ2n) is 7.81. The fraction of sp³-hybridized carbons (Fsp3) is 0.240. The lowest BCUT2D eigenvalue weighted by Crippen LogP contribution is -2.49.